The average Bonchev–Trinajstić information content (AvgIpc) is 4.14. The number of carbonyl (C=O) groups excluding carboxylic acids is 6. The number of hydrogen-bond acceptors (Lipinski definition) is 18. The van der Waals surface area contributed by atoms with Gasteiger partial charge in [-0.05, 0) is 110 Å². The monoisotopic (exact) mass is 1090 g/mol. The number of para-hydroxylation sites is 2. The molecule has 0 atom stereocenters. The fourth-order valence-corrected chi connectivity index (χ4v) is 12.3. The number of thiophene rings is 2. The van der Waals surface area contributed by atoms with Gasteiger partial charge in [0.25, 0.3) is 0 Å². The van der Waals surface area contributed by atoms with Crippen LogP contribution in [0.1, 0.15) is 82.7 Å². The van der Waals surface area contributed by atoms with Gasteiger partial charge in [0.1, 0.15) is 31.2 Å². The normalized spacial score (nSPS) is 13.0. The van der Waals surface area contributed by atoms with E-state index in [0.29, 0.717) is 58.8 Å². The van der Waals surface area contributed by atoms with E-state index in [1.165, 1.54) is 28.7 Å². The van der Waals surface area contributed by atoms with Gasteiger partial charge in [0.15, 0.2) is 0 Å². The first-order valence-corrected chi connectivity index (χ1v) is 27.4. The number of nitrogens with one attached hydrogen (secondary N) is 3. The number of esters is 2. The summed E-state index contributed by atoms with van der Waals surface area (Å²) in [6, 6.07) is 15.9. The number of nitrogens with two attached hydrogens (primary N) is 1. The predicted molar refractivity (Wildman–Crippen MR) is 294 cm³/mol. The van der Waals surface area contributed by atoms with Gasteiger partial charge in [-0.2, -0.15) is 0 Å². The van der Waals surface area contributed by atoms with E-state index in [1.807, 2.05) is 90.1 Å². The summed E-state index contributed by atoms with van der Waals surface area (Å²) < 4.78 is 22.6. The van der Waals surface area contributed by atoms with Crippen LogP contribution in [0.3, 0.4) is 0 Å². The minimum atomic E-state index is -0.570. The fourth-order valence-electron chi connectivity index (χ4n) is 7.53. The van der Waals surface area contributed by atoms with E-state index in [0.717, 1.165) is 72.5 Å². The van der Waals surface area contributed by atoms with Crippen LogP contribution in [0.15, 0.2) is 61.2 Å². The van der Waals surface area contributed by atoms with E-state index in [4.69, 9.17) is 29.9 Å². The molecular formula is C52H64N8O10S4. The second kappa shape index (κ2) is 25.8. The molecule has 6 aromatic rings. The van der Waals surface area contributed by atoms with Gasteiger partial charge in [-0.25, -0.2) is 19.6 Å². The molecule has 8 rings (SSSR count). The lowest BCUT2D eigenvalue weighted by Crippen LogP contribution is -2.39. The molecule has 2 aliphatic heterocycles. The van der Waals surface area contributed by atoms with Gasteiger partial charge in [-0.15, -0.1) is 45.3 Å². The molecule has 2 aliphatic rings. The highest BCUT2D eigenvalue weighted by molar-refractivity contribution is 7.23. The zero-order chi connectivity index (χ0) is 53.7. The van der Waals surface area contributed by atoms with E-state index in [2.05, 4.69) is 27.3 Å². The van der Waals surface area contributed by atoms with Gasteiger partial charge in [-0.1, -0.05) is 30.8 Å². The van der Waals surface area contributed by atoms with Crippen molar-refractivity contribution >= 4 is 112 Å². The molecule has 0 aliphatic carbocycles. The number of hydrogen-bond donors (Lipinski definition) is 4. The molecule has 396 valence electrons. The SMILES string of the molecule is C=CC(=O)Nc1sc2c(c1-c1nc3ccccc3s1)CCN(C(=O)OC(C)(C)C)C2.CCOC(=O)CN.CCOC(=O)CNCCC(=O)Nc1sc2c(c1-c1nc3ccccc3s1)CCN(C(=O)OC(C)(C)C)C2. The van der Waals surface area contributed by atoms with Crippen molar-refractivity contribution in [3.8, 4) is 21.1 Å². The second-order valence-corrected chi connectivity index (χ2v) is 22.9. The molecule has 18 nitrogen and oxygen atoms in total. The molecule has 0 saturated heterocycles. The summed E-state index contributed by atoms with van der Waals surface area (Å²) in [7, 11) is 0. The van der Waals surface area contributed by atoms with Gasteiger partial charge in [0, 0.05) is 46.9 Å². The maximum Gasteiger partial charge on any atom is 0.410 e. The van der Waals surface area contributed by atoms with Gasteiger partial charge < -0.3 is 50.4 Å². The lowest BCUT2D eigenvalue weighted by Gasteiger charge is -2.30. The van der Waals surface area contributed by atoms with Crippen molar-refractivity contribution in [2.24, 2.45) is 5.73 Å². The Bertz CT molecular complexity index is 2920. The number of benzene rings is 2. The molecule has 0 fully saturated rings. The van der Waals surface area contributed by atoms with Crippen LogP contribution in [0.4, 0.5) is 19.6 Å². The number of ether oxygens (including phenoxy) is 4. The first kappa shape index (κ1) is 57.0. The fraction of sp³-hybridized carbons (Fsp3) is 0.423. The topological polar surface area (TPSA) is 234 Å². The molecule has 5 N–H and O–H groups in total. The zero-order valence-electron chi connectivity index (χ0n) is 43.0. The summed E-state index contributed by atoms with van der Waals surface area (Å²) in [6.45, 7) is 21.3. The van der Waals surface area contributed by atoms with Crippen molar-refractivity contribution in [1.82, 2.24) is 25.1 Å². The Morgan fingerprint density at radius 3 is 1.57 bits per heavy atom. The van der Waals surface area contributed by atoms with Gasteiger partial charge in [-0.3, -0.25) is 19.2 Å². The van der Waals surface area contributed by atoms with Crippen molar-refractivity contribution in [3.63, 3.8) is 0 Å². The molecule has 0 spiro atoms. The first-order valence-electron chi connectivity index (χ1n) is 24.1. The van der Waals surface area contributed by atoms with E-state index in [-0.39, 0.29) is 55.4 Å². The quantitative estimate of drug-likeness (QED) is 0.0365. The van der Waals surface area contributed by atoms with E-state index in [9.17, 15) is 28.8 Å². The van der Waals surface area contributed by atoms with Crippen LogP contribution < -0.4 is 21.7 Å². The van der Waals surface area contributed by atoms with Crippen molar-refractivity contribution in [1.29, 1.82) is 0 Å². The number of amides is 4. The standard InChI is InChI=1S/C26H32N4O5S2.C22H23N3O3S2.C4H9NO2/c1-5-34-21(32)14-27-12-10-20(31)29-24-22(23-28-17-8-6-7-9-18(17)36-23)16-11-13-30(15-19(16)37-24)25(33)35-26(2,3)4;1-5-17(26)24-20-18(19-23-14-8-6-7-9-15(14)29-19)13-10-11-25(12-16(13)30-20)21(27)28-22(2,3)4;1-2-7-4(6)3-5/h6-9,27H,5,10-15H2,1-4H3,(H,29,31);5-9H,1,10-12H2,2-4H3,(H,24,26);2-3,5H2,1H3. The number of nitrogens with zero attached hydrogens (tertiary/aromatic N) is 4. The third kappa shape index (κ3) is 15.6. The molecule has 6 heterocycles. The number of rotatable bonds is 13. The smallest absolute Gasteiger partial charge is 0.410 e. The Kier molecular flexibility index (Phi) is 19.8. The van der Waals surface area contributed by atoms with E-state index in [1.54, 1.807) is 46.3 Å². The third-order valence-corrected chi connectivity index (χ3v) is 15.1. The first-order chi connectivity index (χ1) is 35.2. The predicted octanol–water partition coefficient (Wildman–Crippen LogP) is 9.75. The van der Waals surface area contributed by atoms with Crippen molar-refractivity contribution < 1.29 is 47.7 Å². The zero-order valence-corrected chi connectivity index (χ0v) is 46.2. The second-order valence-electron chi connectivity index (χ2n) is 18.7. The maximum atomic E-state index is 12.8. The Balaban J connectivity index is 0.000000217. The van der Waals surface area contributed by atoms with Crippen molar-refractivity contribution in [3.05, 3.63) is 82.1 Å². The van der Waals surface area contributed by atoms with E-state index >= 15 is 0 Å². The highest BCUT2D eigenvalue weighted by Gasteiger charge is 2.33. The molecule has 0 unspecified atom stereocenters. The maximum absolute atomic E-state index is 12.8. The van der Waals surface area contributed by atoms with Crippen LogP contribution in [0.2, 0.25) is 0 Å². The van der Waals surface area contributed by atoms with Crippen molar-refractivity contribution in [2.45, 2.75) is 98.9 Å². The summed E-state index contributed by atoms with van der Waals surface area (Å²) >= 11 is 6.16. The third-order valence-electron chi connectivity index (χ3n) is 10.7. The van der Waals surface area contributed by atoms with Gasteiger partial charge >= 0.3 is 24.1 Å². The summed E-state index contributed by atoms with van der Waals surface area (Å²) in [5.41, 5.74) is 9.75. The number of anilines is 2. The summed E-state index contributed by atoms with van der Waals surface area (Å²) in [6.07, 6.45) is 2.12. The minimum absolute atomic E-state index is 0.0200. The minimum Gasteiger partial charge on any atom is -0.465 e. The van der Waals surface area contributed by atoms with E-state index < -0.39 is 11.2 Å². The Hall–Kier alpha value is -6.30. The number of fused-ring (bicyclic) bond motifs is 4. The lowest BCUT2D eigenvalue weighted by molar-refractivity contribution is -0.142. The highest BCUT2D eigenvalue weighted by Crippen LogP contribution is 2.47. The molecule has 4 amide bonds. The Morgan fingerprint density at radius 2 is 1.15 bits per heavy atom. The molecule has 22 heteroatoms. The Morgan fingerprint density at radius 1 is 0.689 bits per heavy atom. The van der Waals surface area contributed by atoms with Crippen LogP contribution in [0.25, 0.3) is 41.6 Å². The molecule has 0 saturated carbocycles. The molecule has 2 aromatic carbocycles. The van der Waals surface area contributed by atoms with Crippen LogP contribution in [0, 0.1) is 0 Å². The Labute approximate surface area is 446 Å². The van der Waals surface area contributed by atoms with Crippen LogP contribution >= 0.6 is 45.3 Å². The van der Waals surface area contributed by atoms with Crippen LogP contribution in [-0.4, -0.2) is 113 Å². The molecular weight excluding hydrogens is 1020 g/mol. The summed E-state index contributed by atoms with van der Waals surface area (Å²) in [5, 5.41) is 12.1. The molecule has 74 heavy (non-hydrogen) atoms. The number of aromatic nitrogens is 2. The highest BCUT2D eigenvalue weighted by atomic mass is 32.1. The largest absolute Gasteiger partial charge is 0.465 e. The van der Waals surface area contributed by atoms with Gasteiger partial charge in [0.2, 0.25) is 11.8 Å². The molecule has 0 bridgehead atoms. The van der Waals surface area contributed by atoms with Crippen LogP contribution in [0.5, 0.6) is 0 Å². The summed E-state index contributed by atoms with van der Waals surface area (Å²) in [5.74, 6) is -1.12. The molecule has 0 radical (unpaired) electrons. The van der Waals surface area contributed by atoms with Crippen LogP contribution in [-0.2, 0) is 64.1 Å². The van der Waals surface area contributed by atoms with Crippen molar-refractivity contribution in [2.75, 3.05) is 56.6 Å². The number of carbonyl (C=O) groups is 6. The number of thiazole rings is 2. The summed E-state index contributed by atoms with van der Waals surface area (Å²) in [4.78, 5) is 86.8. The average molecular weight is 1090 g/mol. The van der Waals surface area contributed by atoms with Gasteiger partial charge in [0.05, 0.1) is 59.8 Å². The molecule has 4 aromatic heterocycles. The lowest BCUT2D eigenvalue weighted by atomic mass is 10.0.